The van der Waals surface area contributed by atoms with E-state index in [1.807, 2.05) is 42.6 Å². The molecular formula is C23H22N3O2+. The summed E-state index contributed by atoms with van der Waals surface area (Å²) in [5.74, 6) is 0.393. The van der Waals surface area contributed by atoms with Crippen LogP contribution in [0.4, 0.5) is 0 Å². The molecule has 4 rings (SSSR count). The number of benzene rings is 1. The molecule has 0 bridgehead atoms. The van der Waals surface area contributed by atoms with Gasteiger partial charge < -0.3 is 0 Å². The Morgan fingerprint density at radius 3 is 2.68 bits per heavy atom. The van der Waals surface area contributed by atoms with E-state index >= 15 is 0 Å². The van der Waals surface area contributed by atoms with Gasteiger partial charge in [0.15, 0.2) is 0 Å². The molecule has 0 saturated heterocycles. The van der Waals surface area contributed by atoms with Crippen LogP contribution >= 0.6 is 0 Å². The summed E-state index contributed by atoms with van der Waals surface area (Å²) >= 11 is 0. The van der Waals surface area contributed by atoms with Crippen molar-refractivity contribution in [3.05, 3.63) is 95.1 Å². The molecule has 0 spiro atoms. The summed E-state index contributed by atoms with van der Waals surface area (Å²) < 4.78 is 1.00. The van der Waals surface area contributed by atoms with Crippen LogP contribution in [0.15, 0.2) is 72.1 Å². The van der Waals surface area contributed by atoms with Gasteiger partial charge in [0, 0.05) is 52.7 Å². The van der Waals surface area contributed by atoms with Gasteiger partial charge in [-0.1, -0.05) is 37.3 Å². The Morgan fingerprint density at radius 2 is 1.93 bits per heavy atom. The maximum atomic E-state index is 12.5. The van der Waals surface area contributed by atoms with E-state index in [1.165, 1.54) is 5.56 Å². The van der Waals surface area contributed by atoms with Crippen LogP contribution < -0.4 is 4.73 Å². The van der Waals surface area contributed by atoms with Crippen LogP contribution in [0.3, 0.4) is 0 Å². The predicted octanol–water partition coefficient (Wildman–Crippen LogP) is 3.26. The SMILES string of the molecule is C[C@@H](CC(=O)Cc1cc2c(cn1)C(c1cc[n+](O)cc1)=NC2)c1ccccc1. The van der Waals surface area contributed by atoms with Gasteiger partial charge in [0.2, 0.25) is 12.4 Å². The van der Waals surface area contributed by atoms with Crippen molar-refractivity contribution in [1.82, 2.24) is 4.98 Å². The Hall–Kier alpha value is -3.34. The van der Waals surface area contributed by atoms with Gasteiger partial charge in [-0.05, 0) is 23.1 Å². The minimum atomic E-state index is 0.193. The quantitative estimate of drug-likeness (QED) is 0.533. The van der Waals surface area contributed by atoms with Crippen LogP contribution in [-0.4, -0.2) is 21.7 Å². The highest BCUT2D eigenvalue weighted by atomic mass is 16.5. The first-order valence-electron chi connectivity index (χ1n) is 9.40. The van der Waals surface area contributed by atoms with Crippen LogP contribution in [0.1, 0.15) is 47.2 Å². The largest absolute Gasteiger partial charge is 0.299 e. The molecule has 0 saturated carbocycles. The van der Waals surface area contributed by atoms with E-state index in [-0.39, 0.29) is 11.7 Å². The number of fused-ring (bicyclic) bond motifs is 1. The molecule has 5 nitrogen and oxygen atoms in total. The van der Waals surface area contributed by atoms with Gasteiger partial charge in [0.1, 0.15) is 5.78 Å². The molecule has 3 heterocycles. The molecule has 2 aromatic heterocycles. The second-order valence-electron chi connectivity index (χ2n) is 7.20. The number of hydrogen-bond acceptors (Lipinski definition) is 4. The molecule has 28 heavy (non-hydrogen) atoms. The van der Waals surface area contributed by atoms with Crippen molar-refractivity contribution in [1.29, 1.82) is 0 Å². The monoisotopic (exact) mass is 372 g/mol. The Balaban J connectivity index is 1.44. The summed E-state index contributed by atoms with van der Waals surface area (Å²) in [5, 5.41) is 9.38. The smallest absolute Gasteiger partial charge is 0.222 e. The molecular weight excluding hydrogens is 350 g/mol. The number of carbonyl (C=O) groups is 1. The molecule has 1 aliphatic rings. The normalized spacial score (nSPS) is 13.7. The molecule has 1 N–H and O–H groups in total. The van der Waals surface area contributed by atoms with Gasteiger partial charge in [-0.2, -0.15) is 0 Å². The fourth-order valence-electron chi connectivity index (χ4n) is 3.57. The van der Waals surface area contributed by atoms with E-state index in [1.54, 1.807) is 12.4 Å². The summed E-state index contributed by atoms with van der Waals surface area (Å²) in [6.07, 6.45) is 5.81. The maximum Gasteiger partial charge on any atom is 0.222 e. The van der Waals surface area contributed by atoms with Crippen LogP contribution in [-0.2, 0) is 17.8 Å². The number of ketones is 1. The van der Waals surface area contributed by atoms with E-state index in [9.17, 15) is 10.0 Å². The first kappa shape index (κ1) is 18.0. The molecule has 1 aliphatic heterocycles. The van der Waals surface area contributed by atoms with E-state index in [0.717, 1.165) is 32.8 Å². The number of Topliss-reactive ketones (excluding diaryl/α,β-unsaturated/α-hetero) is 1. The number of aromatic nitrogens is 2. The van der Waals surface area contributed by atoms with Gasteiger partial charge in [-0.25, -0.2) is 0 Å². The summed E-state index contributed by atoms with van der Waals surface area (Å²) in [6, 6.07) is 15.7. The van der Waals surface area contributed by atoms with Gasteiger partial charge in [0.05, 0.1) is 12.3 Å². The number of hydrogen-bond donors (Lipinski definition) is 1. The average molecular weight is 372 g/mol. The molecule has 1 atom stereocenters. The Bertz CT molecular complexity index is 1030. The zero-order valence-corrected chi connectivity index (χ0v) is 15.7. The third-order valence-corrected chi connectivity index (χ3v) is 5.08. The highest BCUT2D eigenvalue weighted by molar-refractivity contribution is 6.14. The minimum absolute atomic E-state index is 0.193. The highest BCUT2D eigenvalue weighted by Crippen LogP contribution is 2.24. The van der Waals surface area contributed by atoms with Crippen LogP contribution in [0.5, 0.6) is 0 Å². The van der Waals surface area contributed by atoms with Crippen molar-refractivity contribution in [2.24, 2.45) is 4.99 Å². The van der Waals surface area contributed by atoms with Crippen LogP contribution in [0.25, 0.3) is 0 Å². The number of rotatable bonds is 6. The zero-order valence-electron chi connectivity index (χ0n) is 15.7. The summed E-state index contributed by atoms with van der Waals surface area (Å²) in [5.41, 5.74) is 5.86. The third kappa shape index (κ3) is 3.83. The lowest BCUT2D eigenvalue weighted by atomic mass is 9.94. The summed E-state index contributed by atoms with van der Waals surface area (Å²) in [6.45, 7) is 2.67. The number of pyridine rings is 2. The fourth-order valence-corrected chi connectivity index (χ4v) is 3.57. The van der Waals surface area contributed by atoms with Gasteiger partial charge in [-0.3, -0.25) is 20.0 Å². The Kier molecular flexibility index (Phi) is 4.98. The van der Waals surface area contributed by atoms with Crippen molar-refractivity contribution in [3.8, 4) is 0 Å². The minimum Gasteiger partial charge on any atom is -0.299 e. The zero-order chi connectivity index (χ0) is 19.5. The van der Waals surface area contributed by atoms with Crippen LogP contribution in [0, 0.1) is 0 Å². The second kappa shape index (κ2) is 7.72. The fraction of sp³-hybridized carbons (Fsp3) is 0.217. The molecule has 140 valence electrons. The first-order valence-corrected chi connectivity index (χ1v) is 9.40. The summed E-state index contributed by atoms with van der Waals surface area (Å²) in [4.78, 5) is 21.6. The standard InChI is InChI=1S/C23H22N3O2/c1-16(17-5-3-2-4-6-17)11-21(27)13-20-12-19-14-25-23(22(19)15-24-20)18-7-9-26(28)10-8-18/h2-10,12,15-16,28H,11,13-14H2,1H3/q+1/t16-/m0/s1. The lowest BCUT2D eigenvalue weighted by Gasteiger charge is -2.11. The topological polar surface area (TPSA) is 66.4 Å². The molecule has 0 radical (unpaired) electrons. The number of nitrogens with zero attached hydrogens (tertiary/aromatic N) is 3. The lowest BCUT2D eigenvalue weighted by molar-refractivity contribution is -0.904. The summed E-state index contributed by atoms with van der Waals surface area (Å²) in [7, 11) is 0. The van der Waals surface area contributed by atoms with Gasteiger partial charge in [-0.15, -0.1) is 0 Å². The number of carbonyl (C=O) groups excluding carboxylic acids is 1. The molecule has 0 fully saturated rings. The molecule has 3 aromatic rings. The van der Waals surface area contributed by atoms with Gasteiger partial charge in [0.25, 0.3) is 0 Å². The lowest BCUT2D eigenvalue weighted by Crippen LogP contribution is -2.28. The predicted molar refractivity (Wildman–Crippen MR) is 106 cm³/mol. The van der Waals surface area contributed by atoms with Gasteiger partial charge >= 0.3 is 0 Å². The number of aliphatic imine (C=N–C) groups is 1. The molecule has 0 unspecified atom stereocenters. The first-order chi connectivity index (χ1) is 13.6. The average Bonchev–Trinajstić information content (AvgIpc) is 3.12. The van der Waals surface area contributed by atoms with E-state index in [4.69, 9.17) is 0 Å². The molecule has 0 amide bonds. The molecule has 0 aliphatic carbocycles. The highest BCUT2D eigenvalue weighted by Gasteiger charge is 2.20. The van der Waals surface area contributed by atoms with E-state index < -0.39 is 0 Å². The van der Waals surface area contributed by atoms with Crippen molar-refractivity contribution < 1.29 is 14.7 Å². The van der Waals surface area contributed by atoms with E-state index in [2.05, 4.69) is 29.0 Å². The van der Waals surface area contributed by atoms with E-state index in [0.29, 0.717) is 19.4 Å². The van der Waals surface area contributed by atoms with Crippen molar-refractivity contribution >= 4 is 11.5 Å². The Labute approximate surface area is 164 Å². The third-order valence-electron chi connectivity index (χ3n) is 5.08. The maximum absolute atomic E-state index is 12.5. The van der Waals surface area contributed by atoms with Crippen molar-refractivity contribution in [3.63, 3.8) is 0 Å². The van der Waals surface area contributed by atoms with Crippen molar-refractivity contribution in [2.45, 2.75) is 32.2 Å². The van der Waals surface area contributed by atoms with Crippen molar-refractivity contribution in [2.75, 3.05) is 0 Å². The molecule has 1 aromatic carbocycles. The van der Waals surface area contributed by atoms with Crippen LogP contribution in [0.2, 0.25) is 0 Å². The Morgan fingerprint density at radius 1 is 1.18 bits per heavy atom. The second-order valence-corrected chi connectivity index (χ2v) is 7.20. The molecule has 5 heteroatoms.